The van der Waals surface area contributed by atoms with E-state index < -0.39 is 28.5 Å². The molecule has 0 bridgehead atoms. The molecule has 0 saturated carbocycles. The Morgan fingerprint density at radius 3 is 2.34 bits per heavy atom. The Labute approximate surface area is 238 Å². The highest BCUT2D eigenvalue weighted by Gasteiger charge is 2.33. The Bertz CT molecular complexity index is 1350. The fourth-order valence-electron chi connectivity index (χ4n) is 3.84. The number of anilines is 1. The number of unbranched alkanes of at least 4 members (excludes halogenated alkanes) is 1. The normalized spacial score (nSPS) is 12.0. The van der Waals surface area contributed by atoms with Crippen LogP contribution in [0.1, 0.15) is 32.3 Å². The van der Waals surface area contributed by atoms with Gasteiger partial charge in [-0.2, -0.15) is 0 Å². The number of sulfonamides is 1. The number of nitrogens with one attached hydrogen (secondary N) is 1. The van der Waals surface area contributed by atoms with E-state index in [-0.39, 0.29) is 28.1 Å². The molecule has 0 unspecified atom stereocenters. The van der Waals surface area contributed by atoms with Crippen LogP contribution in [-0.4, -0.2) is 44.3 Å². The molecule has 0 spiro atoms. The lowest BCUT2D eigenvalue weighted by Crippen LogP contribution is -2.51. The zero-order valence-electron chi connectivity index (χ0n) is 21.3. The third-order valence-electron chi connectivity index (χ3n) is 5.97. The van der Waals surface area contributed by atoms with Crippen molar-refractivity contribution in [1.29, 1.82) is 0 Å². The highest BCUT2D eigenvalue weighted by molar-refractivity contribution is 9.10. The number of halogens is 2. The molecule has 3 rings (SSSR count). The molecule has 38 heavy (non-hydrogen) atoms. The molecule has 1 atom stereocenters. The van der Waals surface area contributed by atoms with E-state index in [1.165, 1.54) is 17.0 Å². The second kappa shape index (κ2) is 13.8. The first-order chi connectivity index (χ1) is 18.1. The first-order valence-electron chi connectivity index (χ1n) is 12.3. The van der Waals surface area contributed by atoms with Crippen molar-refractivity contribution in [1.82, 2.24) is 10.2 Å². The highest BCUT2D eigenvalue weighted by atomic mass is 79.9. The number of carbonyl (C=O) groups is 2. The Kier molecular flexibility index (Phi) is 10.8. The van der Waals surface area contributed by atoms with Crippen molar-refractivity contribution in [3.05, 3.63) is 93.9 Å². The van der Waals surface area contributed by atoms with E-state index in [4.69, 9.17) is 11.6 Å². The first kappa shape index (κ1) is 29.7. The van der Waals surface area contributed by atoms with E-state index in [1.54, 1.807) is 49.4 Å². The van der Waals surface area contributed by atoms with E-state index in [9.17, 15) is 18.0 Å². The molecule has 7 nitrogen and oxygen atoms in total. The van der Waals surface area contributed by atoms with Gasteiger partial charge < -0.3 is 10.2 Å². The maximum absolute atomic E-state index is 13.9. The van der Waals surface area contributed by atoms with Crippen LogP contribution in [0.5, 0.6) is 0 Å². The monoisotopic (exact) mass is 619 g/mol. The lowest BCUT2D eigenvalue weighted by Gasteiger charge is -2.32. The van der Waals surface area contributed by atoms with Gasteiger partial charge in [-0.3, -0.25) is 13.9 Å². The Hall–Kier alpha value is -2.88. The smallest absolute Gasteiger partial charge is 0.264 e. The predicted octanol–water partition coefficient (Wildman–Crippen LogP) is 5.63. The fraction of sp³-hybridized carbons (Fsp3) is 0.286. The van der Waals surface area contributed by atoms with Crippen LogP contribution in [0.2, 0.25) is 5.02 Å². The van der Waals surface area contributed by atoms with Gasteiger partial charge in [0.25, 0.3) is 10.0 Å². The fourth-order valence-corrected chi connectivity index (χ4v) is 6.03. The number of benzene rings is 3. The molecule has 0 aliphatic rings. The number of carbonyl (C=O) groups excluding carboxylic acids is 2. The minimum atomic E-state index is -4.15. The summed E-state index contributed by atoms with van der Waals surface area (Å²) in [5.74, 6) is -0.848. The molecule has 0 fully saturated rings. The molecule has 10 heteroatoms. The minimum absolute atomic E-state index is 0.0246. The molecule has 0 saturated heterocycles. The quantitative estimate of drug-likeness (QED) is 0.266. The van der Waals surface area contributed by atoms with E-state index in [0.717, 1.165) is 27.2 Å². The molecule has 3 aromatic carbocycles. The summed E-state index contributed by atoms with van der Waals surface area (Å²) in [6.45, 7) is 3.73. The van der Waals surface area contributed by atoms with Crippen molar-refractivity contribution in [2.75, 3.05) is 17.4 Å². The molecule has 202 valence electrons. The van der Waals surface area contributed by atoms with E-state index in [1.807, 2.05) is 31.2 Å². The number of para-hydroxylation sites is 1. The van der Waals surface area contributed by atoms with E-state index >= 15 is 0 Å². The van der Waals surface area contributed by atoms with Gasteiger partial charge in [0.2, 0.25) is 11.8 Å². The second-order valence-corrected chi connectivity index (χ2v) is 11.9. The van der Waals surface area contributed by atoms with Gasteiger partial charge in [-0.15, -0.1) is 0 Å². The summed E-state index contributed by atoms with van der Waals surface area (Å²) in [5, 5.41) is 3.06. The SMILES string of the molecule is CCCCNC(=O)[C@H](C)N(Cc1cccc(Br)c1)C(=O)CN(c1ccccc1Cl)S(=O)(=O)c1ccccc1. The maximum atomic E-state index is 13.9. The zero-order valence-corrected chi connectivity index (χ0v) is 24.5. The van der Waals surface area contributed by atoms with Gasteiger partial charge in [-0.1, -0.05) is 83.3 Å². The number of amides is 2. The minimum Gasteiger partial charge on any atom is -0.354 e. The number of hydrogen-bond donors (Lipinski definition) is 1. The Balaban J connectivity index is 2.00. The topological polar surface area (TPSA) is 86.8 Å². The molecule has 2 amide bonds. The molecule has 1 N–H and O–H groups in total. The van der Waals surface area contributed by atoms with Gasteiger partial charge in [0.05, 0.1) is 15.6 Å². The van der Waals surface area contributed by atoms with Crippen molar-refractivity contribution in [2.45, 2.75) is 44.2 Å². The van der Waals surface area contributed by atoms with Gasteiger partial charge in [-0.05, 0) is 55.3 Å². The van der Waals surface area contributed by atoms with Crippen LogP contribution < -0.4 is 9.62 Å². The van der Waals surface area contributed by atoms with Crippen molar-refractivity contribution in [2.24, 2.45) is 0 Å². The zero-order chi connectivity index (χ0) is 27.7. The first-order valence-corrected chi connectivity index (χ1v) is 14.9. The molecule has 0 aromatic heterocycles. The van der Waals surface area contributed by atoms with Crippen molar-refractivity contribution in [3.63, 3.8) is 0 Å². The van der Waals surface area contributed by atoms with Crippen LogP contribution in [0.4, 0.5) is 5.69 Å². The number of nitrogens with zero attached hydrogens (tertiary/aromatic N) is 2. The average molecular weight is 621 g/mol. The molecule has 0 heterocycles. The summed E-state index contributed by atoms with van der Waals surface area (Å²) in [6.07, 6.45) is 1.73. The van der Waals surface area contributed by atoms with Gasteiger partial charge in [0.1, 0.15) is 12.6 Å². The summed E-state index contributed by atoms with van der Waals surface area (Å²) in [6, 6.07) is 20.9. The highest BCUT2D eigenvalue weighted by Crippen LogP contribution is 2.30. The summed E-state index contributed by atoms with van der Waals surface area (Å²) in [7, 11) is -4.15. The number of rotatable bonds is 12. The Morgan fingerprint density at radius 2 is 1.68 bits per heavy atom. The molecule has 0 aliphatic carbocycles. The van der Waals surface area contributed by atoms with Gasteiger partial charge in [0.15, 0.2) is 0 Å². The summed E-state index contributed by atoms with van der Waals surface area (Å²) in [4.78, 5) is 28.3. The standard InChI is InChI=1S/C28H31BrClN3O4S/c1-3-4-17-31-28(35)21(2)32(19-22-11-10-12-23(29)18-22)27(34)20-33(26-16-9-8-15-25(26)30)38(36,37)24-13-6-5-7-14-24/h5-16,18,21H,3-4,17,19-20H2,1-2H3,(H,31,35)/t21-/m0/s1. The molecular formula is C28H31BrClN3O4S. The third kappa shape index (κ3) is 7.58. The second-order valence-electron chi connectivity index (χ2n) is 8.75. The lowest BCUT2D eigenvalue weighted by atomic mass is 10.1. The molecular weight excluding hydrogens is 590 g/mol. The Morgan fingerprint density at radius 1 is 1.00 bits per heavy atom. The molecule has 3 aromatic rings. The van der Waals surface area contributed by atoms with Crippen molar-refractivity contribution >= 4 is 55.1 Å². The summed E-state index contributed by atoms with van der Waals surface area (Å²) in [5.41, 5.74) is 0.963. The van der Waals surface area contributed by atoms with Crippen molar-refractivity contribution in [3.8, 4) is 0 Å². The van der Waals surface area contributed by atoms with Crippen LogP contribution in [0.3, 0.4) is 0 Å². The van der Waals surface area contributed by atoms with Crippen LogP contribution in [0, 0.1) is 0 Å². The van der Waals surface area contributed by atoms with Crippen LogP contribution in [0.15, 0.2) is 88.2 Å². The molecule has 0 aliphatic heterocycles. The largest absolute Gasteiger partial charge is 0.354 e. The predicted molar refractivity (Wildman–Crippen MR) is 154 cm³/mol. The maximum Gasteiger partial charge on any atom is 0.264 e. The average Bonchev–Trinajstić information content (AvgIpc) is 2.91. The van der Waals surface area contributed by atoms with Crippen LogP contribution in [0.25, 0.3) is 0 Å². The lowest BCUT2D eigenvalue weighted by molar-refractivity contribution is -0.139. The van der Waals surface area contributed by atoms with Crippen LogP contribution in [-0.2, 0) is 26.2 Å². The van der Waals surface area contributed by atoms with Gasteiger partial charge in [-0.25, -0.2) is 8.42 Å². The third-order valence-corrected chi connectivity index (χ3v) is 8.56. The molecule has 0 radical (unpaired) electrons. The van der Waals surface area contributed by atoms with Crippen molar-refractivity contribution < 1.29 is 18.0 Å². The van der Waals surface area contributed by atoms with Crippen LogP contribution >= 0.6 is 27.5 Å². The number of hydrogen-bond acceptors (Lipinski definition) is 4. The summed E-state index contributed by atoms with van der Waals surface area (Å²) >= 11 is 9.85. The van der Waals surface area contributed by atoms with Gasteiger partial charge >= 0.3 is 0 Å². The van der Waals surface area contributed by atoms with E-state index in [0.29, 0.717) is 6.54 Å². The van der Waals surface area contributed by atoms with Gasteiger partial charge in [0, 0.05) is 17.6 Å². The van der Waals surface area contributed by atoms with E-state index in [2.05, 4.69) is 21.2 Å². The summed E-state index contributed by atoms with van der Waals surface area (Å²) < 4.78 is 29.3.